The second-order valence-electron chi connectivity index (χ2n) is 8.97. The number of carbonyl (C=O) groups excluding carboxylic acids is 1. The first-order valence-corrected chi connectivity index (χ1v) is 10.2. The van der Waals surface area contributed by atoms with Gasteiger partial charge in [0.15, 0.2) is 11.6 Å². The first-order chi connectivity index (χ1) is 13.9. The van der Waals surface area contributed by atoms with Crippen LogP contribution in [0.4, 0.5) is 5.82 Å². The number of allylic oxidation sites excluding steroid dienone is 2. The van der Waals surface area contributed by atoms with Crippen LogP contribution in [0.1, 0.15) is 49.3 Å². The summed E-state index contributed by atoms with van der Waals surface area (Å²) in [5.74, 6) is 0.962. The molecular weight excluding hydrogens is 358 g/mol. The van der Waals surface area contributed by atoms with E-state index in [4.69, 9.17) is 0 Å². The van der Waals surface area contributed by atoms with E-state index in [1.807, 2.05) is 18.2 Å². The van der Waals surface area contributed by atoms with E-state index < -0.39 is 0 Å². The predicted molar refractivity (Wildman–Crippen MR) is 116 cm³/mol. The lowest BCUT2D eigenvalue weighted by molar-refractivity contribution is -0.118. The maximum Gasteiger partial charge on any atom is 0.162 e. The maximum atomic E-state index is 13.4. The van der Waals surface area contributed by atoms with Gasteiger partial charge in [0.2, 0.25) is 0 Å². The Kier molecular flexibility index (Phi) is 3.98. The van der Waals surface area contributed by atoms with Crippen molar-refractivity contribution >= 4 is 11.6 Å². The molecule has 2 aromatic carbocycles. The van der Waals surface area contributed by atoms with Crippen molar-refractivity contribution in [3.63, 3.8) is 0 Å². The summed E-state index contributed by atoms with van der Waals surface area (Å²) in [5.41, 5.74) is 7.37. The molecule has 0 saturated heterocycles. The van der Waals surface area contributed by atoms with Crippen LogP contribution in [0.25, 0.3) is 11.3 Å². The van der Waals surface area contributed by atoms with Crippen LogP contribution < -0.4 is 5.32 Å². The summed E-state index contributed by atoms with van der Waals surface area (Å²) in [6.07, 6.45) is 1.42. The van der Waals surface area contributed by atoms with Crippen LogP contribution in [0.5, 0.6) is 0 Å². The molecule has 1 atom stereocenters. The van der Waals surface area contributed by atoms with Crippen molar-refractivity contribution in [1.82, 2.24) is 10.2 Å². The Bertz CT molecular complexity index is 1140. The topological polar surface area (TPSA) is 57.8 Å². The highest BCUT2D eigenvalue weighted by atomic mass is 16.1. The minimum atomic E-state index is -0.111. The molecule has 4 heteroatoms. The molecule has 1 aliphatic carbocycles. The lowest BCUT2D eigenvalue weighted by Crippen LogP contribution is -2.34. The number of fused-ring (bicyclic) bond motifs is 1. The van der Waals surface area contributed by atoms with Gasteiger partial charge in [-0.2, -0.15) is 5.10 Å². The number of aromatic nitrogens is 2. The molecule has 2 aliphatic rings. The Morgan fingerprint density at radius 2 is 1.72 bits per heavy atom. The normalized spacial score (nSPS) is 20.1. The highest BCUT2D eigenvalue weighted by Crippen LogP contribution is 2.51. The van der Waals surface area contributed by atoms with Crippen LogP contribution in [0.15, 0.2) is 65.9 Å². The largest absolute Gasteiger partial charge is 0.342 e. The molecule has 4 nitrogen and oxygen atoms in total. The van der Waals surface area contributed by atoms with Gasteiger partial charge in [-0.25, -0.2) is 0 Å². The van der Waals surface area contributed by atoms with Crippen molar-refractivity contribution in [3.05, 3.63) is 82.6 Å². The van der Waals surface area contributed by atoms with Crippen LogP contribution in [0.3, 0.4) is 0 Å². The van der Waals surface area contributed by atoms with Gasteiger partial charge >= 0.3 is 0 Å². The van der Waals surface area contributed by atoms with Gasteiger partial charge in [-0.1, -0.05) is 68.4 Å². The van der Waals surface area contributed by atoms with Crippen molar-refractivity contribution in [2.24, 2.45) is 5.41 Å². The molecule has 1 unspecified atom stereocenters. The van der Waals surface area contributed by atoms with Gasteiger partial charge in [0.05, 0.1) is 5.69 Å². The number of carbonyl (C=O) groups is 1. The lowest BCUT2D eigenvalue weighted by Gasteiger charge is -2.38. The Balaban J connectivity index is 1.77. The highest BCUT2D eigenvalue weighted by Gasteiger charge is 2.43. The van der Waals surface area contributed by atoms with Crippen LogP contribution in [0.2, 0.25) is 0 Å². The Morgan fingerprint density at radius 3 is 2.48 bits per heavy atom. The first-order valence-electron chi connectivity index (χ1n) is 10.2. The molecule has 2 heterocycles. The zero-order chi connectivity index (χ0) is 20.2. The van der Waals surface area contributed by atoms with Gasteiger partial charge in [-0.05, 0) is 35.4 Å². The number of aryl methyl sites for hydroxylation is 1. The number of hydrogen-bond acceptors (Lipinski definition) is 3. The number of Topliss-reactive ketones (excluding diaryl/α,β-unsaturated/α-hetero) is 1. The standard InChI is InChI=1S/C25H25N3O/c1-15-9-7-8-12-17(15)20-21-18(13-25(2,3)14-19(21)29)26-24-22(20)23(27-28-24)16-10-5-4-6-11-16/h4-12,20H,13-14H2,1-3H3,(H2,26,27,28). The Labute approximate surface area is 171 Å². The fraction of sp³-hybridized carbons (Fsp3) is 0.280. The molecule has 5 rings (SSSR count). The summed E-state index contributed by atoms with van der Waals surface area (Å²) >= 11 is 0. The molecule has 1 aromatic heterocycles. The lowest BCUT2D eigenvalue weighted by atomic mass is 9.68. The molecule has 0 radical (unpaired) electrons. The average Bonchev–Trinajstić information content (AvgIpc) is 3.10. The molecule has 2 N–H and O–H groups in total. The number of hydrogen-bond donors (Lipinski definition) is 2. The fourth-order valence-corrected chi connectivity index (χ4v) is 4.84. The van der Waals surface area contributed by atoms with Crippen molar-refractivity contribution in [2.75, 3.05) is 5.32 Å². The van der Waals surface area contributed by atoms with Gasteiger partial charge < -0.3 is 5.32 Å². The van der Waals surface area contributed by atoms with Crippen LogP contribution in [-0.4, -0.2) is 16.0 Å². The number of nitrogens with one attached hydrogen (secondary N) is 2. The van der Waals surface area contributed by atoms with Crippen LogP contribution in [0, 0.1) is 12.3 Å². The molecule has 3 aromatic rings. The van der Waals surface area contributed by atoms with Gasteiger partial charge in [0.1, 0.15) is 0 Å². The number of anilines is 1. The van der Waals surface area contributed by atoms with Gasteiger partial charge in [0.25, 0.3) is 0 Å². The quantitative estimate of drug-likeness (QED) is 0.607. The molecular formula is C25H25N3O. The van der Waals surface area contributed by atoms with Crippen molar-refractivity contribution in [3.8, 4) is 11.3 Å². The second-order valence-corrected chi connectivity index (χ2v) is 8.97. The molecule has 0 saturated carbocycles. The molecule has 0 fully saturated rings. The molecule has 1 aliphatic heterocycles. The predicted octanol–water partition coefficient (Wildman–Crippen LogP) is 5.59. The van der Waals surface area contributed by atoms with E-state index in [2.05, 4.69) is 72.7 Å². The summed E-state index contributed by atoms with van der Waals surface area (Å²) in [7, 11) is 0. The van der Waals surface area contributed by atoms with E-state index in [1.54, 1.807) is 0 Å². The minimum Gasteiger partial charge on any atom is -0.342 e. The second kappa shape index (κ2) is 6.45. The summed E-state index contributed by atoms with van der Waals surface area (Å²) in [5, 5.41) is 11.4. The number of H-pyrrole nitrogens is 1. The SMILES string of the molecule is Cc1ccccc1C1C2=C(CC(C)(C)CC2=O)Nc2n[nH]c(-c3ccccc3)c21. The molecule has 0 spiro atoms. The summed E-state index contributed by atoms with van der Waals surface area (Å²) in [6.45, 7) is 6.44. The van der Waals surface area contributed by atoms with Crippen LogP contribution in [-0.2, 0) is 4.79 Å². The monoisotopic (exact) mass is 383 g/mol. The van der Waals surface area contributed by atoms with E-state index in [1.165, 1.54) is 11.1 Å². The first kappa shape index (κ1) is 17.9. The molecule has 29 heavy (non-hydrogen) atoms. The molecule has 0 amide bonds. The van der Waals surface area contributed by atoms with Crippen molar-refractivity contribution < 1.29 is 4.79 Å². The zero-order valence-electron chi connectivity index (χ0n) is 17.0. The fourth-order valence-electron chi connectivity index (χ4n) is 4.84. The number of ketones is 1. The van der Waals surface area contributed by atoms with Gasteiger partial charge in [-0.15, -0.1) is 0 Å². The maximum absolute atomic E-state index is 13.4. The number of nitrogens with zero attached hydrogens (tertiary/aromatic N) is 1. The van der Waals surface area contributed by atoms with Crippen molar-refractivity contribution in [2.45, 2.75) is 39.5 Å². The number of aromatic amines is 1. The van der Waals surface area contributed by atoms with E-state index >= 15 is 0 Å². The number of benzene rings is 2. The minimum absolute atomic E-state index is 0.0464. The van der Waals surface area contributed by atoms with E-state index in [0.717, 1.165) is 40.3 Å². The van der Waals surface area contributed by atoms with E-state index in [0.29, 0.717) is 6.42 Å². The van der Waals surface area contributed by atoms with Gasteiger partial charge in [0, 0.05) is 29.2 Å². The average molecular weight is 383 g/mol. The summed E-state index contributed by atoms with van der Waals surface area (Å²) < 4.78 is 0. The number of rotatable bonds is 2. The third-order valence-corrected chi connectivity index (χ3v) is 6.13. The Hall–Kier alpha value is -3.14. The molecule has 146 valence electrons. The smallest absolute Gasteiger partial charge is 0.162 e. The van der Waals surface area contributed by atoms with Crippen LogP contribution >= 0.6 is 0 Å². The summed E-state index contributed by atoms with van der Waals surface area (Å²) in [4.78, 5) is 13.4. The molecule has 0 bridgehead atoms. The highest BCUT2D eigenvalue weighted by molar-refractivity contribution is 6.02. The van der Waals surface area contributed by atoms with E-state index in [-0.39, 0.29) is 17.1 Å². The Morgan fingerprint density at radius 1 is 1.00 bits per heavy atom. The third kappa shape index (κ3) is 2.91. The zero-order valence-corrected chi connectivity index (χ0v) is 17.0. The van der Waals surface area contributed by atoms with Gasteiger partial charge in [-0.3, -0.25) is 9.89 Å². The van der Waals surface area contributed by atoms with Crippen molar-refractivity contribution in [1.29, 1.82) is 0 Å². The third-order valence-electron chi connectivity index (χ3n) is 6.13. The van der Waals surface area contributed by atoms with E-state index in [9.17, 15) is 4.79 Å². The summed E-state index contributed by atoms with van der Waals surface area (Å²) in [6, 6.07) is 18.6.